The monoisotopic (exact) mass is 371 g/mol. The molecule has 3 rings (SSSR count). The van der Waals surface area contributed by atoms with Crippen molar-refractivity contribution in [2.24, 2.45) is 0 Å². The second-order valence-electron chi connectivity index (χ2n) is 5.98. The number of thiophene rings is 1. The molecule has 2 aliphatic rings. The Morgan fingerprint density at radius 2 is 2.10 bits per heavy atom. The third kappa shape index (κ3) is 4.28. The molecular formula is C15H22BrN3OS. The van der Waals surface area contributed by atoms with E-state index in [9.17, 15) is 4.79 Å². The average molecular weight is 372 g/mol. The van der Waals surface area contributed by atoms with E-state index < -0.39 is 0 Å². The lowest BCUT2D eigenvalue weighted by Gasteiger charge is -2.37. The Labute approximate surface area is 138 Å². The Kier molecular flexibility index (Phi) is 4.99. The fraction of sp³-hybridized carbons (Fsp3) is 0.667. The molecule has 1 aliphatic heterocycles. The quantitative estimate of drug-likeness (QED) is 0.862. The van der Waals surface area contributed by atoms with Crippen LogP contribution >= 0.6 is 27.3 Å². The highest BCUT2D eigenvalue weighted by atomic mass is 79.9. The van der Waals surface area contributed by atoms with Crippen LogP contribution in [0, 0.1) is 0 Å². The van der Waals surface area contributed by atoms with E-state index in [1.807, 2.05) is 6.92 Å². The summed E-state index contributed by atoms with van der Waals surface area (Å²) in [5, 5.41) is 3.11. The van der Waals surface area contributed by atoms with Crippen LogP contribution in [0.3, 0.4) is 0 Å². The predicted molar refractivity (Wildman–Crippen MR) is 89.5 cm³/mol. The molecule has 116 valence electrons. The summed E-state index contributed by atoms with van der Waals surface area (Å²) >= 11 is 5.32. The Bertz CT molecular complexity index is 495. The number of nitrogens with zero attached hydrogens (tertiary/aromatic N) is 2. The van der Waals surface area contributed by atoms with Gasteiger partial charge in [-0.2, -0.15) is 0 Å². The molecule has 1 amide bonds. The van der Waals surface area contributed by atoms with Crippen molar-refractivity contribution in [1.29, 1.82) is 0 Å². The molecule has 6 heteroatoms. The van der Waals surface area contributed by atoms with E-state index in [0.717, 1.165) is 45.6 Å². The van der Waals surface area contributed by atoms with Crippen LogP contribution in [0.4, 0.5) is 0 Å². The Morgan fingerprint density at radius 1 is 1.38 bits per heavy atom. The number of halogens is 1. The van der Waals surface area contributed by atoms with Gasteiger partial charge in [-0.15, -0.1) is 11.3 Å². The average Bonchev–Trinajstić information content (AvgIpc) is 3.20. The van der Waals surface area contributed by atoms with Gasteiger partial charge in [0.05, 0.1) is 9.83 Å². The van der Waals surface area contributed by atoms with Crippen molar-refractivity contribution >= 4 is 33.2 Å². The molecule has 2 heterocycles. The normalized spacial score (nSPS) is 22.2. The lowest BCUT2D eigenvalue weighted by Crippen LogP contribution is -2.53. The summed E-state index contributed by atoms with van der Waals surface area (Å²) < 4.78 is 1.20. The highest BCUT2D eigenvalue weighted by molar-refractivity contribution is 9.11. The molecule has 1 atom stereocenters. The number of amides is 1. The molecule has 1 aliphatic carbocycles. The summed E-state index contributed by atoms with van der Waals surface area (Å²) in [7, 11) is 0. The zero-order valence-corrected chi connectivity index (χ0v) is 14.8. The fourth-order valence-electron chi connectivity index (χ4n) is 2.68. The third-order valence-electron chi connectivity index (χ3n) is 4.27. The molecule has 1 N–H and O–H groups in total. The Hall–Kier alpha value is -0.430. The largest absolute Gasteiger partial charge is 0.352 e. The van der Waals surface area contributed by atoms with Gasteiger partial charge >= 0.3 is 0 Å². The molecular weight excluding hydrogens is 350 g/mol. The summed E-state index contributed by atoms with van der Waals surface area (Å²) in [6.45, 7) is 7.08. The number of piperazine rings is 1. The first-order valence-corrected chi connectivity index (χ1v) is 9.24. The number of carbonyl (C=O) groups excluding carboxylic acids is 1. The van der Waals surface area contributed by atoms with Gasteiger partial charge in [0.2, 0.25) is 5.91 Å². The maximum absolute atomic E-state index is 12.1. The molecule has 2 fully saturated rings. The number of hydrogen-bond donors (Lipinski definition) is 1. The molecule has 1 aromatic heterocycles. The molecule has 0 aromatic carbocycles. The van der Waals surface area contributed by atoms with Crippen molar-refractivity contribution in [3.8, 4) is 0 Å². The van der Waals surface area contributed by atoms with Crippen molar-refractivity contribution in [1.82, 2.24) is 15.1 Å². The number of carbonyl (C=O) groups is 1. The topological polar surface area (TPSA) is 35.6 Å². The summed E-state index contributed by atoms with van der Waals surface area (Å²) in [5.41, 5.74) is 0. The molecule has 0 spiro atoms. The molecule has 1 saturated carbocycles. The molecule has 0 unspecified atom stereocenters. The van der Waals surface area contributed by atoms with E-state index in [1.54, 1.807) is 11.3 Å². The van der Waals surface area contributed by atoms with Crippen molar-refractivity contribution < 1.29 is 4.79 Å². The lowest BCUT2D eigenvalue weighted by molar-refractivity contribution is -0.126. The van der Waals surface area contributed by atoms with Crippen LogP contribution in [-0.2, 0) is 11.3 Å². The number of hydrogen-bond acceptors (Lipinski definition) is 4. The van der Waals surface area contributed by atoms with Crippen LogP contribution in [0.2, 0.25) is 0 Å². The summed E-state index contributed by atoms with van der Waals surface area (Å²) in [5.74, 6) is 0.202. The second kappa shape index (κ2) is 6.77. The minimum atomic E-state index is 0.00336. The van der Waals surface area contributed by atoms with Gasteiger partial charge in [-0.25, -0.2) is 0 Å². The molecule has 21 heavy (non-hydrogen) atoms. The van der Waals surface area contributed by atoms with Crippen molar-refractivity contribution in [2.75, 3.05) is 26.2 Å². The fourth-order valence-corrected chi connectivity index (χ4v) is 4.21. The molecule has 4 nitrogen and oxygen atoms in total. The van der Waals surface area contributed by atoms with Gasteiger partial charge in [0.25, 0.3) is 0 Å². The second-order valence-corrected chi connectivity index (χ2v) is 8.52. The van der Waals surface area contributed by atoms with Gasteiger partial charge in [-0.3, -0.25) is 14.6 Å². The highest BCUT2D eigenvalue weighted by Crippen LogP contribution is 2.24. The SMILES string of the molecule is C[C@H](C(=O)NC1CC1)N1CCN(Cc2ccc(Br)s2)CC1. The summed E-state index contributed by atoms with van der Waals surface area (Å²) in [6.07, 6.45) is 2.31. The zero-order chi connectivity index (χ0) is 14.8. The Morgan fingerprint density at radius 3 is 2.67 bits per heavy atom. The number of rotatable bonds is 5. The van der Waals surface area contributed by atoms with Gasteiger partial charge in [0.15, 0.2) is 0 Å². The predicted octanol–water partition coefficient (Wildman–Crippen LogP) is 2.30. The van der Waals surface area contributed by atoms with E-state index in [1.165, 1.54) is 8.66 Å². The van der Waals surface area contributed by atoms with Crippen molar-refractivity contribution in [2.45, 2.75) is 38.4 Å². The van der Waals surface area contributed by atoms with E-state index in [-0.39, 0.29) is 11.9 Å². The van der Waals surface area contributed by atoms with Crippen molar-refractivity contribution in [3.05, 3.63) is 20.8 Å². The summed E-state index contributed by atoms with van der Waals surface area (Å²) in [4.78, 5) is 18.3. The van der Waals surface area contributed by atoms with Crippen LogP contribution in [0.5, 0.6) is 0 Å². The van der Waals surface area contributed by atoms with Crippen LogP contribution in [0.25, 0.3) is 0 Å². The van der Waals surface area contributed by atoms with Gasteiger partial charge < -0.3 is 5.32 Å². The molecule has 0 bridgehead atoms. The minimum Gasteiger partial charge on any atom is -0.352 e. The van der Waals surface area contributed by atoms with E-state index in [4.69, 9.17) is 0 Å². The number of nitrogens with one attached hydrogen (secondary N) is 1. The maximum Gasteiger partial charge on any atom is 0.237 e. The first-order chi connectivity index (χ1) is 10.1. The maximum atomic E-state index is 12.1. The van der Waals surface area contributed by atoms with Crippen LogP contribution in [0.1, 0.15) is 24.6 Å². The van der Waals surface area contributed by atoms with Gasteiger partial charge in [-0.05, 0) is 47.8 Å². The van der Waals surface area contributed by atoms with E-state index >= 15 is 0 Å². The summed E-state index contributed by atoms with van der Waals surface area (Å²) in [6, 6.07) is 4.76. The van der Waals surface area contributed by atoms with Gasteiger partial charge in [-0.1, -0.05) is 0 Å². The lowest BCUT2D eigenvalue weighted by atomic mass is 10.2. The Balaban J connectivity index is 1.44. The highest BCUT2D eigenvalue weighted by Gasteiger charge is 2.29. The zero-order valence-electron chi connectivity index (χ0n) is 12.3. The van der Waals surface area contributed by atoms with Crippen molar-refractivity contribution in [3.63, 3.8) is 0 Å². The first kappa shape index (κ1) is 15.5. The third-order valence-corrected chi connectivity index (χ3v) is 5.87. The molecule has 1 aromatic rings. The van der Waals surface area contributed by atoms with Crippen LogP contribution < -0.4 is 5.32 Å². The smallest absolute Gasteiger partial charge is 0.237 e. The van der Waals surface area contributed by atoms with Crippen LogP contribution in [-0.4, -0.2) is 54.0 Å². The molecule has 0 radical (unpaired) electrons. The van der Waals surface area contributed by atoms with Gasteiger partial charge in [0.1, 0.15) is 0 Å². The minimum absolute atomic E-state index is 0.00336. The van der Waals surface area contributed by atoms with Crippen LogP contribution in [0.15, 0.2) is 15.9 Å². The van der Waals surface area contributed by atoms with E-state index in [2.05, 4.69) is 43.2 Å². The first-order valence-electron chi connectivity index (χ1n) is 7.63. The van der Waals surface area contributed by atoms with Gasteiger partial charge in [0, 0.05) is 43.6 Å². The van der Waals surface area contributed by atoms with E-state index in [0.29, 0.717) is 6.04 Å². The standard InChI is InChI=1S/C15H22BrN3OS/c1-11(15(20)17-12-2-3-12)19-8-6-18(7-9-19)10-13-4-5-14(16)21-13/h4-5,11-12H,2-3,6-10H2,1H3,(H,17,20)/t11-/m1/s1. The molecule has 1 saturated heterocycles.